The van der Waals surface area contributed by atoms with Crippen molar-refractivity contribution in [1.82, 2.24) is 20.9 Å². The van der Waals surface area contributed by atoms with E-state index in [1.807, 2.05) is 0 Å². The number of hydrogen-bond donors (Lipinski definition) is 3. The van der Waals surface area contributed by atoms with Crippen LogP contribution in [0.15, 0.2) is 18.2 Å². The molecule has 0 bridgehead atoms. The highest BCUT2D eigenvalue weighted by molar-refractivity contribution is 6.24. The topological polar surface area (TPSA) is 205 Å². The van der Waals surface area contributed by atoms with Gasteiger partial charge in [-0.15, -0.1) is 0 Å². The van der Waals surface area contributed by atoms with Crippen molar-refractivity contribution >= 4 is 41.3 Å². The Balaban J connectivity index is 1.17. The monoisotopic (exact) mass is 704 g/mol. The zero-order valence-corrected chi connectivity index (χ0v) is 29.1. The largest absolute Gasteiger partial charge is 0.483 e. The summed E-state index contributed by atoms with van der Waals surface area (Å²) < 4.78 is 27.3. The Hall–Kier alpha value is -4.41. The molecular weight excluding hydrogens is 656 g/mol. The number of amides is 5. The highest BCUT2D eigenvalue weighted by atomic mass is 16.6. The molecule has 3 N–H and O–H groups in total. The summed E-state index contributed by atoms with van der Waals surface area (Å²) in [5, 5.41) is 7.96. The van der Waals surface area contributed by atoms with Crippen molar-refractivity contribution in [3.63, 3.8) is 0 Å². The molecule has 50 heavy (non-hydrogen) atoms. The maximum absolute atomic E-state index is 13.1. The zero-order valence-electron chi connectivity index (χ0n) is 29.1. The third-order valence-electron chi connectivity index (χ3n) is 7.40. The molecule has 2 heterocycles. The molecule has 3 rings (SSSR count). The van der Waals surface area contributed by atoms with Crippen LogP contribution in [-0.4, -0.2) is 124 Å². The van der Waals surface area contributed by atoms with Gasteiger partial charge in [-0.2, -0.15) is 0 Å². The average molecular weight is 705 g/mol. The van der Waals surface area contributed by atoms with Crippen LogP contribution in [0.25, 0.3) is 0 Å². The number of benzene rings is 1. The number of ether oxygens (including phenoxy) is 5. The number of carbonyl (C=O) groups excluding carboxylic acids is 7. The summed E-state index contributed by atoms with van der Waals surface area (Å²) in [5.41, 5.74) is -0.551. The summed E-state index contributed by atoms with van der Waals surface area (Å²) in [7, 11) is 0. The van der Waals surface area contributed by atoms with Gasteiger partial charge in [-0.3, -0.25) is 38.5 Å². The van der Waals surface area contributed by atoms with Crippen LogP contribution in [0.4, 0.5) is 0 Å². The van der Waals surface area contributed by atoms with Gasteiger partial charge in [-0.25, -0.2) is 0 Å². The first-order chi connectivity index (χ1) is 23.8. The van der Waals surface area contributed by atoms with Crippen LogP contribution in [0.5, 0.6) is 5.75 Å². The van der Waals surface area contributed by atoms with E-state index in [9.17, 15) is 33.6 Å². The third kappa shape index (κ3) is 12.8. The molecule has 0 aromatic heterocycles. The second-order valence-corrected chi connectivity index (χ2v) is 12.8. The molecule has 5 amide bonds. The summed E-state index contributed by atoms with van der Waals surface area (Å²) in [6.45, 7) is 9.60. The summed E-state index contributed by atoms with van der Waals surface area (Å²) in [5.74, 6) is -3.87. The molecule has 2 atom stereocenters. The van der Waals surface area contributed by atoms with Crippen LogP contribution in [0.2, 0.25) is 0 Å². The fourth-order valence-corrected chi connectivity index (χ4v) is 4.95. The predicted molar refractivity (Wildman–Crippen MR) is 176 cm³/mol. The van der Waals surface area contributed by atoms with Crippen LogP contribution in [-0.2, 0) is 42.9 Å². The number of ketones is 1. The molecule has 1 aromatic carbocycles. The van der Waals surface area contributed by atoms with Crippen molar-refractivity contribution in [3.05, 3.63) is 29.3 Å². The number of hydrogen-bond acceptors (Lipinski definition) is 12. The fourth-order valence-electron chi connectivity index (χ4n) is 4.95. The van der Waals surface area contributed by atoms with Crippen LogP contribution < -0.4 is 20.7 Å². The van der Waals surface area contributed by atoms with Crippen molar-refractivity contribution < 1.29 is 57.2 Å². The lowest BCUT2D eigenvalue weighted by atomic mass is 10.0. The lowest BCUT2D eigenvalue weighted by Gasteiger charge is -2.28. The number of carbonyl (C=O) groups is 7. The first kappa shape index (κ1) is 40.0. The molecule has 276 valence electrons. The normalized spacial score (nSPS) is 16.5. The Morgan fingerprint density at radius 2 is 1.48 bits per heavy atom. The Bertz CT molecular complexity index is 1390. The second-order valence-electron chi connectivity index (χ2n) is 12.8. The highest BCUT2D eigenvalue weighted by Gasteiger charge is 2.46. The molecule has 0 saturated carbocycles. The SMILES string of the molecule is C[C@@H](CC(=O)NCCCOCCOCCOCCCNC(=O)COc1cccc2c1C(=O)N(C1CNC(=O)CC1=O)C2=O)C(=O)OC(C)(C)C. The zero-order chi connectivity index (χ0) is 36.7. The lowest BCUT2D eigenvalue weighted by molar-refractivity contribution is -0.160. The molecular formula is C34H48N4O12. The van der Waals surface area contributed by atoms with E-state index in [-0.39, 0.29) is 35.7 Å². The minimum Gasteiger partial charge on any atom is -0.483 e. The molecule has 0 spiro atoms. The number of fused-ring (bicyclic) bond motifs is 1. The molecule has 16 nitrogen and oxygen atoms in total. The van der Waals surface area contributed by atoms with Crippen molar-refractivity contribution in [2.45, 2.75) is 65.0 Å². The number of imide groups is 1. The van der Waals surface area contributed by atoms with E-state index >= 15 is 0 Å². The minimum atomic E-state index is -1.10. The molecule has 1 unspecified atom stereocenters. The summed E-state index contributed by atoms with van der Waals surface area (Å²) >= 11 is 0. The Kier molecular flexibility index (Phi) is 15.8. The van der Waals surface area contributed by atoms with E-state index in [4.69, 9.17) is 23.7 Å². The molecule has 0 radical (unpaired) electrons. The first-order valence-electron chi connectivity index (χ1n) is 16.7. The van der Waals surface area contributed by atoms with Crippen LogP contribution in [0.3, 0.4) is 0 Å². The number of piperidine rings is 1. The molecule has 16 heteroatoms. The summed E-state index contributed by atoms with van der Waals surface area (Å²) in [4.78, 5) is 87.0. The van der Waals surface area contributed by atoms with E-state index in [1.165, 1.54) is 18.2 Å². The first-order valence-corrected chi connectivity index (χ1v) is 16.7. The van der Waals surface area contributed by atoms with E-state index in [0.29, 0.717) is 65.6 Å². The van der Waals surface area contributed by atoms with Crippen molar-refractivity contribution in [1.29, 1.82) is 0 Å². The van der Waals surface area contributed by atoms with Gasteiger partial charge in [0, 0.05) is 39.3 Å². The average Bonchev–Trinajstić information content (AvgIpc) is 3.30. The van der Waals surface area contributed by atoms with Crippen LogP contribution >= 0.6 is 0 Å². The maximum Gasteiger partial charge on any atom is 0.309 e. The van der Waals surface area contributed by atoms with Gasteiger partial charge in [0.1, 0.15) is 17.4 Å². The van der Waals surface area contributed by atoms with E-state index in [2.05, 4.69) is 16.0 Å². The summed E-state index contributed by atoms with van der Waals surface area (Å²) in [6, 6.07) is 3.33. The number of nitrogens with one attached hydrogen (secondary N) is 3. The fraction of sp³-hybridized carbons (Fsp3) is 0.618. The maximum atomic E-state index is 13.1. The van der Waals surface area contributed by atoms with E-state index in [1.54, 1.807) is 27.7 Å². The number of rotatable bonds is 21. The van der Waals surface area contributed by atoms with E-state index in [0.717, 1.165) is 4.90 Å². The summed E-state index contributed by atoms with van der Waals surface area (Å²) in [6.07, 6.45) is 0.820. The highest BCUT2D eigenvalue weighted by Crippen LogP contribution is 2.32. The van der Waals surface area contributed by atoms with Gasteiger partial charge < -0.3 is 39.6 Å². The minimum absolute atomic E-state index is 0.0258. The quantitative estimate of drug-likeness (QED) is 0.0695. The molecule has 1 fully saturated rings. The molecule has 1 aromatic rings. The van der Waals surface area contributed by atoms with Gasteiger partial charge in [-0.05, 0) is 45.7 Å². The van der Waals surface area contributed by atoms with Gasteiger partial charge >= 0.3 is 5.97 Å². The van der Waals surface area contributed by atoms with Crippen LogP contribution in [0.1, 0.15) is 74.1 Å². The van der Waals surface area contributed by atoms with Gasteiger partial charge in [0.05, 0.1) is 49.9 Å². The lowest BCUT2D eigenvalue weighted by Crippen LogP contribution is -2.55. The van der Waals surface area contributed by atoms with Crippen molar-refractivity contribution in [2.75, 3.05) is 65.9 Å². The number of Topliss-reactive ketones (excluding diaryl/α,β-unsaturated/α-hetero) is 1. The molecule has 2 aliphatic rings. The predicted octanol–water partition coefficient (Wildman–Crippen LogP) is 0.549. The Morgan fingerprint density at radius 1 is 0.880 bits per heavy atom. The smallest absolute Gasteiger partial charge is 0.309 e. The van der Waals surface area contributed by atoms with E-state index < -0.39 is 66.0 Å². The van der Waals surface area contributed by atoms with Gasteiger partial charge in [0.2, 0.25) is 11.8 Å². The van der Waals surface area contributed by atoms with Crippen LogP contribution in [0, 0.1) is 5.92 Å². The van der Waals surface area contributed by atoms with Crippen molar-refractivity contribution in [2.24, 2.45) is 5.92 Å². The second kappa shape index (κ2) is 19.7. The standard InChI is InChI=1S/C34H48N4O12/c1-22(33(45)50-34(2,3)4)18-27(40)35-10-6-12-46-14-16-48-17-15-47-13-7-11-36-29(42)21-49-26-9-5-8-23-30(26)32(44)38(31(23)43)24-20-37-28(41)19-25(24)39/h5,8-9,22,24H,6-7,10-21H2,1-4H3,(H,35,40)(H,36,42)(H,37,41)/t22-,24?/m0/s1. The van der Waals surface area contributed by atoms with Crippen molar-refractivity contribution in [3.8, 4) is 5.75 Å². The molecule has 2 aliphatic heterocycles. The molecule has 1 saturated heterocycles. The van der Waals surface area contributed by atoms with Gasteiger partial charge in [0.15, 0.2) is 12.4 Å². The molecule has 0 aliphatic carbocycles. The Labute approximate surface area is 291 Å². The third-order valence-corrected chi connectivity index (χ3v) is 7.40. The van der Waals surface area contributed by atoms with Gasteiger partial charge in [0.25, 0.3) is 17.7 Å². The Morgan fingerprint density at radius 3 is 2.08 bits per heavy atom. The number of esters is 1. The number of nitrogens with zero attached hydrogens (tertiary/aromatic N) is 1. The van der Waals surface area contributed by atoms with Gasteiger partial charge in [-0.1, -0.05) is 13.0 Å².